The molecule has 18 heavy (non-hydrogen) atoms. The Kier molecular flexibility index (Phi) is 5.97. The molecule has 0 unspecified atom stereocenters. The third-order valence-corrected chi connectivity index (χ3v) is 3.38. The molecule has 1 aliphatic rings. The predicted molar refractivity (Wildman–Crippen MR) is 69.9 cm³/mol. The van der Waals surface area contributed by atoms with E-state index in [0.29, 0.717) is 24.7 Å². The monoisotopic (exact) mass is 273 g/mol. The smallest absolute Gasteiger partial charge is 0.239 e. The zero-order valence-electron chi connectivity index (χ0n) is 10.7. The average Bonchev–Trinajstić information content (AvgIpc) is 2.70. The van der Waals surface area contributed by atoms with Crippen molar-refractivity contribution in [3.05, 3.63) is 0 Å². The van der Waals surface area contributed by atoms with E-state index < -0.39 is 0 Å². The van der Waals surface area contributed by atoms with Gasteiger partial charge in [0.15, 0.2) is 0 Å². The summed E-state index contributed by atoms with van der Waals surface area (Å²) >= 11 is 1.51. The zero-order valence-corrected chi connectivity index (χ0v) is 11.5. The van der Waals surface area contributed by atoms with Crippen molar-refractivity contribution in [1.29, 1.82) is 0 Å². The topological polar surface area (TPSA) is 78.5 Å². The van der Waals surface area contributed by atoms with Crippen LogP contribution in [0.5, 0.6) is 0 Å². The van der Waals surface area contributed by atoms with Gasteiger partial charge in [-0.3, -0.25) is 14.4 Å². The third-order valence-electron chi connectivity index (χ3n) is 2.43. The van der Waals surface area contributed by atoms with E-state index in [9.17, 15) is 14.4 Å². The molecule has 1 aliphatic heterocycles. The lowest BCUT2D eigenvalue weighted by molar-refractivity contribution is -0.132. The predicted octanol–water partition coefficient (Wildman–Crippen LogP) is -0.592. The number of hydrogen-bond donors (Lipinski definition) is 2. The molecule has 7 heteroatoms. The number of carbonyl (C=O) groups excluding carboxylic acids is 3. The molecule has 0 aromatic rings. The Bertz CT molecular complexity index is 333. The van der Waals surface area contributed by atoms with Crippen LogP contribution in [0.2, 0.25) is 0 Å². The Morgan fingerprint density at radius 2 is 2.00 bits per heavy atom. The standard InChI is InChI=1S/C11H19N3O3S/c1-8(2)11(17)13-4-3-12-9(15)5-14-7-18-6-10(14)16/h8H,3-7H2,1-2H3,(H,12,15)(H,13,17). The second kappa shape index (κ2) is 7.25. The van der Waals surface area contributed by atoms with Crippen LogP contribution in [0.3, 0.4) is 0 Å². The van der Waals surface area contributed by atoms with Gasteiger partial charge < -0.3 is 15.5 Å². The quantitative estimate of drug-likeness (QED) is 0.634. The van der Waals surface area contributed by atoms with E-state index in [2.05, 4.69) is 10.6 Å². The maximum absolute atomic E-state index is 11.5. The van der Waals surface area contributed by atoms with Crippen molar-refractivity contribution in [2.24, 2.45) is 5.92 Å². The molecular formula is C11H19N3O3S. The first kappa shape index (κ1) is 14.8. The lowest BCUT2D eigenvalue weighted by Gasteiger charge is -2.14. The Balaban J connectivity index is 2.10. The van der Waals surface area contributed by atoms with Gasteiger partial charge >= 0.3 is 0 Å². The van der Waals surface area contributed by atoms with Gasteiger partial charge in [-0.2, -0.15) is 0 Å². The second-order valence-electron chi connectivity index (χ2n) is 4.36. The van der Waals surface area contributed by atoms with Gasteiger partial charge in [0, 0.05) is 19.0 Å². The van der Waals surface area contributed by atoms with E-state index in [1.54, 1.807) is 0 Å². The van der Waals surface area contributed by atoms with Crippen LogP contribution in [0, 0.1) is 5.92 Å². The molecule has 0 aromatic heterocycles. The van der Waals surface area contributed by atoms with Crippen molar-refractivity contribution < 1.29 is 14.4 Å². The van der Waals surface area contributed by atoms with Crippen LogP contribution < -0.4 is 10.6 Å². The molecule has 0 atom stereocenters. The molecule has 0 aliphatic carbocycles. The number of amides is 3. The van der Waals surface area contributed by atoms with Crippen molar-refractivity contribution in [3.63, 3.8) is 0 Å². The minimum Gasteiger partial charge on any atom is -0.354 e. The normalized spacial score (nSPS) is 15.1. The molecule has 0 aromatic carbocycles. The Labute approximate surface area is 111 Å². The number of carbonyl (C=O) groups is 3. The van der Waals surface area contributed by atoms with Crippen molar-refractivity contribution in [3.8, 4) is 0 Å². The fourth-order valence-electron chi connectivity index (χ4n) is 1.36. The molecule has 2 N–H and O–H groups in total. The Morgan fingerprint density at radius 3 is 2.56 bits per heavy atom. The summed E-state index contributed by atoms with van der Waals surface area (Å²) < 4.78 is 0. The van der Waals surface area contributed by atoms with Crippen molar-refractivity contribution in [1.82, 2.24) is 15.5 Å². The first-order valence-corrected chi connectivity index (χ1v) is 7.06. The highest BCUT2D eigenvalue weighted by Crippen LogP contribution is 2.13. The summed E-state index contributed by atoms with van der Waals surface area (Å²) in [7, 11) is 0. The average molecular weight is 273 g/mol. The van der Waals surface area contributed by atoms with Gasteiger partial charge in [-0.05, 0) is 0 Å². The minimum atomic E-state index is -0.190. The molecule has 1 saturated heterocycles. The first-order valence-electron chi connectivity index (χ1n) is 5.90. The van der Waals surface area contributed by atoms with E-state index >= 15 is 0 Å². The van der Waals surface area contributed by atoms with Crippen LogP contribution >= 0.6 is 11.8 Å². The van der Waals surface area contributed by atoms with Gasteiger partial charge in [-0.15, -0.1) is 11.8 Å². The van der Waals surface area contributed by atoms with Gasteiger partial charge in [-0.25, -0.2) is 0 Å². The summed E-state index contributed by atoms with van der Waals surface area (Å²) in [6, 6.07) is 0. The van der Waals surface area contributed by atoms with E-state index in [1.807, 2.05) is 13.8 Å². The van der Waals surface area contributed by atoms with E-state index in [-0.39, 0.29) is 30.2 Å². The molecule has 3 amide bonds. The Morgan fingerprint density at radius 1 is 1.33 bits per heavy atom. The molecule has 0 bridgehead atoms. The maximum Gasteiger partial charge on any atom is 0.239 e. The summed E-state index contributed by atoms with van der Waals surface area (Å²) in [5.74, 6) is 0.761. The van der Waals surface area contributed by atoms with Crippen molar-refractivity contribution in [2.45, 2.75) is 13.8 Å². The van der Waals surface area contributed by atoms with Crippen LogP contribution in [0.1, 0.15) is 13.8 Å². The van der Waals surface area contributed by atoms with Gasteiger partial charge in [0.2, 0.25) is 17.7 Å². The zero-order chi connectivity index (χ0) is 13.5. The summed E-state index contributed by atoms with van der Waals surface area (Å²) in [6.07, 6.45) is 0. The van der Waals surface area contributed by atoms with Crippen LogP contribution in [-0.2, 0) is 14.4 Å². The minimum absolute atomic E-state index is 0.00302. The lowest BCUT2D eigenvalue weighted by Crippen LogP contribution is -2.41. The first-order chi connectivity index (χ1) is 8.50. The largest absolute Gasteiger partial charge is 0.354 e. The fourth-order valence-corrected chi connectivity index (χ4v) is 2.27. The number of nitrogens with one attached hydrogen (secondary N) is 2. The number of thioether (sulfide) groups is 1. The third kappa shape index (κ3) is 4.95. The SMILES string of the molecule is CC(C)C(=O)NCCNC(=O)CN1CSCC1=O. The van der Waals surface area contributed by atoms with E-state index in [1.165, 1.54) is 16.7 Å². The van der Waals surface area contributed by atoms with Crippen molar-refractivity contribution in [2.75, 3.05) is 31.3 Å². The van der Waals surface area contributed by atoms with Crippen molar-refractivity contribution >= 4 is 29.5 Å². The molecular weight excluding hydrogens is 254 g/mol. The van der Waals surface area contributed by atoms with Crippen LogP contribution in [0.25, 0.3) is 0 Å². The lowest BCUT2D eigenvalue weighted by atomic mass is 10.2. The summed E-state index contributed by atoms with van der Waals surface area (Å²) in [4.78, 5) is 35.5. The number of rotatable bonds is 6. The van der Waals surface area contributed by atoms with E-state index in [0.717, 1.165) is 0 Å². The molecule has 0 saturated carbocycles. The Hall–Kier alpha value is -1.24. The fraction of sp³-hybridized carbons (Fsp3) is 0.727. The number of nitrogens with zero attached hydrogens (tertiary/aromatic N) is 1. The van der Waals surface area contributed by atoms with Crippen LogP contribution in [0.15, 0.2) is 0 Å². The molecule has 1 rings (SSSR count). The van der Waals surface area contributed by atoms with Gasteiger partial charge in [0.05, 0.1) is 11.6 Å². The summed E-state index contributed by atoms with van der Waals surface area (Å²) in [5.41, 5.74) is 0. The summed E-state index contributed by atoms with van der Waals surface area (Å²) in [6.45, 7) is 4.51. The molecule has 6 nitrogen and oxygen atoms in total. The molecule has 0 radical (unpaired) electrons. The molecule has 0 spiro atoms. The second-order valence-corrected chi connectivity index (χ2v) is 5.32. The van der Waals surface area contributed by atoms with Gasteiger partial charge in [0.25, 0.3) is 0 Å². The summed E-state index contributed by atoms with van der Waals surface area (Å²) in [5, 5.41) is 5.37. The maximum atomic E-state index is 11.5. The number of hydrogen-bond acceptors (Lipinski definition) is 4. The molecule has 1 heterocycles. The molecule has 1 fully saturated rings. The van der Waals surface area contributed by atoms with Crippen LogP contribution in [-0.4, -0.2) is 53.9 Å². The molecule has 102 valence electrons. The van der Waals surface area contributed by atoms with Crippen LogP contribution in [0.4, 0.5) is 0 Å². The van der Waals surface area contributed by atoms with Gasteiger partial charge in [0.1, 0.15) is 6.54 Å². The highest BCUT2D eigenvalue weighted by molar-refractivity contribution is 8.00. The highest BCUT2D eigenvalue weighted by Gasteiger charge is 2.22. The highest BCUT2D eigenvalue weighted by atomic mass is 32.2. The van der Waals surface area contributed by atoms with Gasteiger partial charge in [-0.1, -0.05) is 13.8 Å². The van der Waals surface area contributed by atoms with E-state index in [4.69, 9.17) is 0 Å².